The first-order valence-electron chi connectivity index (χ1n) is 6.98. The van der Waals surface area contributed by atoms with Crippen molar-refractivity contribution in [2.24, 2.45) is 0 Å². The number of β-amino-alcohol motifs (C(OH)–C–C–N with tert-alkyl or cyclic N) is 1. The fourth-order valence-corrected chi connectivity index (χ4v) is 3.04. The van der Waals surface area contributed by atoms with Crippen LogP contribution < -0.4 is 5.32 Å². The third kappa shape index (κ3) is 5.05. The third-order valence-corrected chi connectivity index (χ3v) is 4.24. The molecule has 1 saturated heterocycles. The molecule has 1 aromatic carbocycles. The van der Waals surface area contributed by atoms with E-state index in [1.807, 2.05) is 29.2 Å². The Morgan fingerprint density at radius 1 is 1.52 bits per heavy atom. The van der Waals surface area contributed by atoms with Gasteiger partial charge in [-0.2, -0.15) is 5.26 Å². The number of rotatable bonds is 5. The predicted molar refractivity (Wildman–Crippen MR) is 83.1 cm³/mol. The molecule has 5 nitrogen and oxygen atoms in total. The average molecular weight is 305 g/mol. The summed E-state index contributed by atoms with van der Waals surface area (Å²) in [5.74, 6) is 0.264. The molecule has 1 heterocycles. The standard InChI is InChI=1S/C15H19N3O2S/c16-7-9-21-14-6-2-1-5-13(14)17-15(20)11-18-8-3-4-12(19)10-18/h1-2,5-6,12,19H,3-4,8-11H2,(H,17,20). The van der Waals surface area contributed by atoms with E-state index in [4.69, 9.17) is 5.26 Å². The van der Waals surface area contributed by atoms with Crippen LogP contribution in [0.3, 0.4) is 0 Å². The summed E-state index contributed by atoms with van der Waals surface area (Å²) in [5.41, 5.74) is 0.736. The molecule has 0 spiro atoms. The van der Waals surface area contributed by atoms with Gasteiger partial charge in [-0.25, -0.2) is 0 Å². The number of carbonyl (C=O) groups is 1. The number of aliphatic hydroxyl groups is 1. The number of likely N-dealkylation sites (tertiary alicyclic amines) is 1. The van der Waals surface area contributed by atoms with Gasteiger partial charge in [-0.3, -0.25) is 9.69 Å². The van der Waals surface area contributed by atoms with E-state index in [1.165, 1.54) is 11.8 Å². The molecule has 2 N–H and O–H groups in total. The van der Waals surface area contributed by atoms with E-state index < -0.39 is 0 Å². The lowest BCUT2D eigenvalue weighted by Gasteiger charge is -2.29. The smallest absolute Gasteiger partial charge is 0.238 e. The number of hydrogen-bond acceptors (Lipinski definition) is 5. The van der Waals surface area contributed by atoms with E-state index >= 15 is 0 Å². The summed E-state index contributed by atoms with van der Waals surface area (Å²) in [6.07, 6.45) is 1.40. The number of nitriles is 1. The molecule has 0 aliphatic carbocycles. The van der Waals surface area contributed by atoms with Gasteiger partial charge in [0.2, 0.25) is 5.91 Å². The fourth-order valence-electron chi connectivity index (χ4n) is 2.37. The van der Waals surface area contributed by atoms with Crippen molar-refractivity contribution in [3.63, 3.8) is 0 Å². The Morgan fingerprint density at radius 3 is 3.10 bits per heavy atom. The first-order chi connectivity index (χ1) is 10.2. The molecule has 0 saturated carbocycles. The van der Waals surface area contributed by atoms with Gasteiger partial charge in [0.1, 0.15) is 0 Å². The minimum atomic E-state index is -0.329. The lowest BCUT2D eigenvalue weighted by atomic mass is 10.1. The van der Waals surface area contributed by atoms with Crippen LogP contribution in [0.25, 0.3) is 0 Å². The van der Waals surface area contributed by atoms with Gasteiger partial charge in [0.25, 0.3) is 0 Å². The molecule has 2 rings (SSSR count). The number of thioether (sulfide) groups is 1. The first-order valence-corrected chi connectivity index (χ1v) is 7.96. The van der Waals surface area contributed by atoms with E-state index in [0.29, 0.717) is 12.3 Å². The van der Waals surface area contributed by atoms with Crippen LogP contribution in [-0.4, -0.2) is 47.4 Å². The molecule has 0 radical (unpaired) electrons. The van der Waals surface area contributed by atoms with Crippen LogP contribution in [-0.2, 0) is 4.79 Å². The van der Waals surface area contributed by atoms with Gasteiger partial charge in [0.05, 0.1) is 30.2 Å². The molecule has 112 valence electrons. The van der Waals surface area contributed by atoms with Gasteiger partial charge in [-0.15, -0.1) is 11.8 Å². The van der Waals surface area contributed by atoms with Crippen molar-refractivity contribution < 1.29 is 9.90 Å². The van der Waals surface area contributed by atoms with Crippen molar-refractivity contribution in [2.45, 2.75) is 23.8 Å². The van der Waals surface area contributed by atoms with Gasteiger partial charge >= 0.3 is 0 Å². The van der Waals surface area contributed by atoms with Crippen LogP contribution in [0.4, 0.5) is 5.69 Å². The number of anilines is 1. The number of amides is 1. The molecule has 1 aliphatic rings. The average Bonchev–Trinajstić information content (AvgIpc) is 2.46. The van der Waals surface area contributed by atoms with Crippen molar-refractivity contribution in [3.8, 4) is 6.07 Å². The summed E-state index contributed by atoms with van der Waals surface area (Å²) in [7, 11) is 0. The van der Waals surface area contributed by atoms with Crippen molar-refractivity contribution in [1.29, 1.82) is 5.26 Å². The number of hydrogen-bond donors (Lipinski definition) is 2. The molecule has 21 heavy (non-hydrogen) atoms. The fraction of sp³-hybridized carbons (Fsp3) is 0.467. The monoisotopic (exact) mass is 305 g/mol. The Hall–Kier alpha value is -1.55. The zero-order valence-electron chi connectivity index (χ0n) is 11.8. The molecule has 0 aromatic heterocycles. The normalized spacial score (nSPS) is 19.0. The maximum Gasteiger partial charge on any atom is 0.238 e. The SMILES string of the molecule is N#CCSc1ccccc1NC(=O)CN1CCCC(O)C1. The van der Waals surface area contributed by atoms with Gasteiger partial charge in [-0.1, -0.05) is 12.1 Å². The number of nitrogens with one attached hydrogen (secondary N) is 1. The molecule has 0 bridgehead atoms. The summed E-state index contributed by atoms with van der Waals surface area (Å²) < 4.78 is 0. The second-order valence-electron chi connectivity index (χ2n) is 5.02. The topological polar surface area (TPSA) is 76.4 Å². The van der Waals surface area contributed by atoms with E-state index in [-0.39, 0.29) is 18.6 Å². The van der Waals surface area contributed by atoms with Crippen molar-refractivity contribution in [3.05, 3.63) is 24.3 Å². The van der Waals surface area contributed by atoms with E-state index in [9.17, 15) is 9.90 Å². The van der Waals surface area contributed by atoms with Crippen molar-refractivity contribution >= 4 is 23.4 Å². The summed E-state index contributed by atoms with van der Waals surface area (Å²) >= 11 is 1.41. The molecule has 6 heteroatoms. The zero-order valence-corrected chi connectivity index (χ0v) is 12.6. The molecular formula is C15H19N3O2S. The summed E-state index contributed by atoms with van der Waals surface area (Å²) in [6, 6.07) is 9.55. The van der Waals surface area contributed by atoms with Crippen molar-refractivity contribution in [2.75, 3.05) is 30.7 Å². The first kappa shape index (κ1) is 15.8. The van der Waals surface area contributed by atoms with Crippen molar-refractivity contribution in [1.82, 2.24) is 4.90 Å². The Labute approximate surface area is 128 Å². The molecular weight excluding hydrogens is 286 g/mol. The summed E-state index contributed by atoms with van der Waals surface area (Å²) in [4.78, 5) is 15.0. The number of benzene rings is 1. The highest BCUT2D eigenvalue weighted by molar-refractivity contribution is 7.99. The maximum atomic E-state index is 12.1. The number of carbonyl (C=O) groups excluding carboxylic acids is 1. The molecule has 1 unspecified atom stereocenters. The number of aliphatic hydroxyl groups excluding tert-OH is 1. The minimum absolute atomic E-state index is 0.0888. The maximum absolute atomic E-state index is 12.1. The number of nitrogens with zero attached hydrogens (tertiary/aromatic N) is 2. The molecule has 1 fully saturated rings. The highest BCUT2D eigenvalue weighted by Gasteiger charge is 2.19. The lowest BCUT2D eigenvalue weighted by Crippen LogP contribution is -2.42. The van der Waals surface area contributed by atoms with Gasteiger partial charge in [-0.05, 0) is 31.5 Å². The second-order valence-corrected chi connectivity index (χ2v) is 6.04. The third-order valence-electron chi connectivity index (χ3n) is 3.30. The van der Waals surface area contributed by atoms with E-state index in [2.05, 4.69) is 11.4 Å². The van der Waals surface area contributed by atoms with Crippen LogP contribution in [0.1, 0.15) is 12.8 Å². The van der Waals surface area contributed by atoms with Gasteiger partial charge in [0.15, 0.2) is 0 Å². The number of para-hydroxylation sites is 1. The van der Waals surface area contributed by atoms with Crippen LogP contribution >= 0.6 is 11.8 Å². The van der Waals surface area contributed by atoms with Crippen LogP contribution in [0.2, 0.25) is 0 Å². The van der Waals surface area contributed by atoms with Gasteiger partial charge < -0.3 is 10.4 Å². The Balaban J connectivity index is 1.91. The summed E-state index contributed by atoms with van der Waals surface area (Å²) in [6.45, 7) is 1.68. The quantitative estimate of drug-likeness (QED) is 0.810. The number of piperidine rings is 1. The molecule has 1 aliphatic heterocycles. The predicted octanol–water partition coefficient (Wildman–Crippen LogP) is 1.70. The molecule has 1 atom stereocenters. The second kappa shape index (κ2) is 8.03. The Bertz CT molecular complexity index is 530. The van der Waals surface area contributed by atoms with Gasteiger partial charge in [0, 0.05) is 11.4 Å². The largest absolute Gasteiger partial charge is 0.392 e. The zero-order chi connectivity index (χ0) is 15.1. The molecule has 1 aromatic rings. The molecule has 1 amide bonds. The van der Waals surface area contributed by atoms with E-state index in [1.54, 1.807) is 0 Å². The lowest BCUT2D eigenvalue weighted by molar-refractivity contribution is -0.118. The minimum Gasteiger partial charge on any atom is -0.392 e. The van der Waals surface area contributed by atoms with Crippen LogP contribution in [0, 0.1) is 11.3 Å². The van der Waals surface area contributed by atoms with E-state index in [0.717, 1.165) is 30.0 Å². The van der Waals surface area contributed by atoms with Crippen LogP contribution in [0.15, 0.2) is 29.2 Å². The summed E-state index contributed by atoms with van der Waals surface area (Å²) in [5, 5.41) is 21.2. The highest BCUT2D eigenvalue weighted by Crippen LogP contribution is 2.26. The Kier molecular flexibility index (Phi) is 6.05. The van der Waals surface area contributed by atoms with Crippen LogP contribution in [0.5, 0.6) is 0 Å². The highest BCUT2D eigenvalue weighted by atomic mass is 32.2. The Morgan fingerprint density at radius 2 is 2.33 bits per heavy atom.